The lowest BCUT2D eigenvalue weighted by Crippen LogP contribution is -2.33. The van der Waals surface area contributed by atoms with Gasteiger partial charge >= 0.3 is 5.97 Å². The van der Waals surface area contributed by atoms with Crippen LogP contribution in [-0.2, 0) is 20.5 Å². The molecule has 0 aliphatic rings. The summed E-state index contributed by atoms with van der Waals surface area (Å²) in [6.07, 6.45) is 1.96. The predicted octanol–water partition coefficient (Wildman–Crippen LogP) is 3.10. The molecule has 8 heteroatoms. The molecular weight excluding hydrogens is 356 g/mol. The molecule has 7 nitrogen and oxygen atoms in total. The number of carbonyl (C=O) groups excluding carboxylic acids is 1. The van der Waals surface area contributed by atoms with Crippen LogP contribution in [0.25, 0.3) is 0 Å². The van der Waals surface area contributed by atoms with Gasteiger partial charge in [-0.1, -0.05) is 17.8 Å². The Kier molecular flexibility index (Phi) is 8.91. The fourth-order valence-electron chi connectivity index (χ4n) is 2.14. The molecule has 0 amide bonds. The normalized spacial score (nSPS) is 11.8. The highest BCUT2D eigenvalue weighted by Gasteiger charge is 2.19. The van der Waals surface area contributed by atoms with Gasteiger partial charge in [0.1, 0.15) is 5.75 Å². The van der Waals surface area contributed by atoms with Crippen LogP contribution in [0.1, 0.15) is 58.9 Å². The molecule has 26 heavy (non-hydrogen) atoms. The number of benzene rings is 1. The fraction of sp³-hybridized carbons (Fsp3) is 0.556. The highest BCUT2D eigenvalue weighted by atomic mass is 32.2. The van der Waals surface area contributed by atoms with Gasteiger partial charge in [0.05, 0.1) is 5.60 Å². The average molecular weight is 384 g/mol. The predicted molar refractivity (Wildman–Crippen MR) is 101 cm³/mol. The van der Waals surface area contributed by atoms with E-state index in [1.54, 1.807) is 45.0 Å². The van der Waals surface area contributed by atoms with Gasteiger partial charge in [0, 0.05) is 18.7 Å². The van der Waals surface area contributed by atoms with E-state index in [-0.39, 0.29) is 19.4 Å². The highest BCUT2D eigenvalue weighted by molar-refractivity contribution is 7.69. The highest BCUT2D eigenvalue weighted by Crippen LogP contribution is 2.15. The van der Waals surface area contributed by atoms with Crippen molar-refractivity contribution in [2.45, 2.75) is 59.0 Å². The van der Waals surface area contributed by atoms with Gasteiger partial charge in [-0.2, -0.15) is 0 Å². The number of rotatable bonds is 10. The van der Waals surface area contributed by atoms with Crippen molar-refractivity contribution in [2.24, 2.45) is 0 Å². The summed E-state index contributed by atoms with van der Waals surface area (Å²) in [6.45, 7) is 7.34. The zero-order valence-corrected chi connectivity index (χ0v) is 16.7. The summed E-state index contributed by atoms with van der Waals surface area (Å²) in [5, 5.41) is 7.90. The van der Waals surface area contributed by atoms with Gasteiger partial charge in [0.2, 0.25) is 10.9 Å². The maximum atomic E-state index is 11.9. The summed E-state index contributed by atoms with van der Waals surface area (Å²) in [4.78, 5) is 17.2. The number of thiol groups is 1. The monoisotopic (exact) mass is 384 g/mol. The number of ether oxygens (including phenoxy) is 1. The van der Waals surface area contributed by atoms with Gasteiger partial charge in [-0.15, -0.1) is 0 Å². The van der Waals surface area contributed by atoms with E-state index in [0.29, 0.717) is 17.9 Å². The number of nitrogens with zero attached hydrogens (tertiary/aromatic N) is 1. The quantitative estimate of drug-likeness (QED) is 0.212. The molecule has 0 spiro atoms. The molecule has 0 aliphatic heterocycles. The van der Waals surface area contributed by atoms with Crippen LogP contribution < -0.4 is 4.74 Å². The zero-order chi connectivity index (χ0) is 19.7. The number of nitrogens with one attached hydrogen (secondary N) is 1. The first kappa shape index (κ1) is 22.3. The molecular formula is C18H28N2O5S. The molecule has 0 saturated carbocycles. The Morgan fingerprint density at radius 2 is 1.77 bits per heavy atom. The number of hydrogen-bond acceptors (Lipinski definition) is 6. The van der Waals surface area contributed by atoms with E-state index in [4.69, 9.17) is 15.0 Å². The first-order valence-corrected chi connectivity index (χ1v) is 9.75. The van der Waals surface area contributed by atoms with Gasteiger partial charge in [0.15, 0.2) is 0 Å². The van der Waals surface area contributed by atoms with Crippen LogP contribution in [0.2, 0.25) is 0 Å². The molecule has 0 heterocycles. The first-order chi connectivity index (χ1) is 12.1. The summed E-state index contributed by atoms with van der Waals surface area (Å²) in [6, 6.07) is 6.81. The number of carbonyl (C=O) groups is 1. The van der Waals surface area contributed by atoms with Crippen LogP contribution in [0.4, 0.5) is 0 Å². The minimum atomic E-state index is -2.88. The smallest absolute Gasteiger partial charge is 0.311 e. The lowest BCUT2D eigenvalue weighted by Gasteiger charge is -2.25. The molecule has 1 rings (SSSR count). The molecule has 0 aliphatic carbocycles. The number of hydroxylamine groups is 1. The Labute approximate surface area is 156 Å². The van der Waals surface area contributed by atoms with Crippen LogP contribution in [-0.4, -0.2) is 36.7 Å². The van der Waals surface area contributed by atoms with E-state index in [2.05, 4.69) is 0 Å². The van der Waals surface area contributed by atoms with Crippen molar-refractivity contribution in [2.75, 3.05) is 6.54 Å². The largest absolute Gasteiger partial charge is 0.427 e. The van der Waals surface area contributed by atoms with Crippen LogP contribution in [0.15, 0.2) is 24.3 Å². The van der Waals surface area contributed by atoms with E-state index in [9.17, 15) is 13.2 Å². The van der Waals surface area contributed by atoms with E-state index in [0.717, 1.165) is 16.5 Å². The zero-order valence-electron chi connectivity index (χ0n) is 15.8. The van der Waals surface area contributed by atoms with Gasteiger partial charge < -0.3 is 10.1 Å². The molecule has 0 bridgehead atoms. The molecule has 1 aromatic rings. The van der Waals surface area contributed by atoms with Crippen molar-refractivity contribution >= 4 is 22.6 Å². The summed E-state index contributed by atoms with van der Waals surface area (Å²) in [7, 11) is -2.88. The summed E-state index contributed by atoms with van der Waals surface area (Å²) in [5.41, 5.74) is 0.722. The Morgan fingerprint density at radius 1 is 1.15 bits per heavy atom. The maximum absolute atomic E-state index is 11.9. The van der Waals surface area contributed by atoms with Gasteiger partial charge in [-0.25, -0.2) is 8.42 Å². The third kappa shape index (κ3) is 8.55. The van der Waals surface area contributed by atoms with Crippen LogP contribution in [0.5, 0.6) is 5.75 Å². The third-order valence-electron chi connectivity index (χ3n) is 3.23. The molecule has 146 valence electrons. The second-order valence-electron chi connectivity index (χ2n) is 6.85. The Morgan fingerprint density at radius 3 is 2.27 bits per heavy atom. The molecule has 0 radical (unpaired) electrons. The summed E-state index contributed by atoms with van der Waals surface area (Å²) in [5.74, 6) is -0.0426. The second-order valence-corrected chi connectivity index (χ2v) is 7.77. The molecule has 0 saturated heterocycles. The van der Waals surface area contributed by atoms with Gasteiger partial charge in [-0.05, 0) is 63.4 Å². The number of hydrogen-bond donors (Lipinski definition) is 2. The molecule has 0 unspecified atom stereocenters. The molecule has 1 N–H and O–H groups in total. The summed E-state index contributed by atoms with van der Waals surface area (Å²) < 4.78 is 28.5. The van der Waals surface area contributed by atoms with Crippen molar-refractivity contribution in [3.63, 3.8) is 0 Å². The topological polar surface area (TPSA) is 96.8 Å². The van der Waals surface area contributed by atoms with Crippen LogP contribution >= 0.6 is 0 Å². The minimum absolute atomic E-state index is 0.0700. The lowest BCUT2D eigenvalue weighted by atomic mass is 10.1. The minimum Gasteiger partial charge on any atom is -0.427 e. The van der Waals surface area contributed by atoms with E-state index < -0.39 is 22.5 Å². The molecule has 0 atom stereocenters. The van der Waals surface area contributed by atoms with Crippen LogP contribution in [0, 0.1) is 5.41 Å². The van der Waals surface area contributed by atoms with Crippen molar-refractivity contribution in [1.29, 1.82) is 5.41 Å². The average Bonchev–Trinajstić information content (AvgIpc) is 2.53. The van der Waals surface area contributed by atoms with E-state index >= 15 is 0 Å². The number of esters is 1. The summed E-state index contributed by atoms with van der Waals surface area (Å²) >= 11 is 0. The van der Waals surface area contributed by atoms with Crippen molar-refractivity contribution in [3.8, 4) is 5.75 Å². The Hall–Kier alpha value is -1.77. The third-order valence-corrected chi connectivity index (χ3v) is 3.87. The van der Waals surface area contributed by atoms with E-state index in [1.165, 1.54) is 0 Å². The molecule has 1 aromatic carbocycles. The van der Waals surface area contributed by atoms with Crippen LogP contribution in [0.3, 0.4) is 0 Å². The standard InChI is InChI=1S/C18H28N2O5S/c1-5-7-16(19)14-9-11-15(12-10-14)24-17(21)8-6-13-20(26(22)23)25-18(2,3)4/h9-12,19,26H,5-8,13H2,1-4H3. The second kappa shape index (κ2) is 10.4. The van der Waals surface area contributed by atoms with Gasteiger partial charge in [-0.3, -0.25) is 9.63 Å². The maximum Gasteiger partial charge on any atom is 0.311 e. The lowest BCUT2D eigenvalue weighted by molar-refractivity contribution is -0.168. The van der Waals surface area contributed by atoms with Crippen molar-refractivity contribution in [3.05, 3.63) is 29.8 Å². The molecule has 0 fully saturated rings. The Bertz CT molecular complexity index is 670. The SMILES string of the molecule is CCCC(=N)c1ccc(OC(=O)CCCN(OC(C)(C)C)[SH](=O)=O)cc1. The Balaban J connectivity index is 2.47. The molecule has 0 aromatic heterocycles. The van der Waals surface area contributed by atoms with Crippen molar-refractivity contribution < 1.29 is 22.8 Å². The van der Waals surface area contributed by atoms with Crippen molar-refractivity contribution in [1.82, 2.24) is 4.47 Å². The van der Waals surface area contributed by atoms with Gasteiger partial charge in [0.25, 0.3) is 0 Å². The van der Waals surface area contributed by atoms with E-state index in [1.807, 2.05) is 6.92 Å². The fourth-order valence-corrected chi connectivity index (χ4v) is 2.75. The first-order valence-electron chi connectivity index (χ1n) is 8.62.